The zero-order valence-electron chi connectivity index (χ0n) is 9.55. The van der Waals surface area contributed by atoms with Gasteiger partial charge in [-0.05, 0) is 26.6 Å². The van der Waals surface area contributed by atoms with Crippen molar-refractivity contribution < 1.29 is 0 Å². The van der Waals surface area contributed by atoms with Crippen LogP contribution in [0.2, 0.25) is 0 Å². The monoisotopic (exact) mass is 197 g/mol. The van der Waals surface area contributed by atoms with Crippen molar-refractivity contribution in [2.45, 2.75) is 13.3 Å². The highest BCUT2D eigenvalue weighted by molar-refractivity contribution is 4.91. The topological polar surface area (TPSA) is 18.5 Å². The van der Waals surface area contributed by atoms with E-state index in [9.17, 15) is 0 Å². The fourth-order valence-corrected chi connectivity index (χ4v) is 2.46. The molecule has 2 aliphatic rings. The molecule has 0 aromatic heterocycles. The number of rotatable bonds is 2. The lowest BCUT2D eigenvalue weighted by Crippen LogP contribution is -2.57. The van der Waals surface area contributed by atoms with Crippen molar-refractivity contribution in [3.63, 3.8) is 0 Å². The highest BCUT2D eigenvalue weighted by Gasteiger charge is 2.33. The summed E-state index contributed by atoms with van der Waals surface area (Å²) >= 11 is 0. The Kier molecular flexibility index (Phi) is 3.10. The molecule has 1 N–H and O–H groups in total. The molecule has 0 radical (unpaired) electrons. The lowest BCUT2D eigenvalue weighted by atomic mass is 9.83. The number of nitrogens with one attached hydrogen (secondary N) is 1. The first-order valence-corrected chi connectivity index (χ1v) is 5.80. The summed E-state index contributed by atoms with van der Waals surface area (Å²) in [6.07, 6.45) is 1.33. The van der Waals surface area contributed by atoms with Crippen molar-refractivity contribution in [2.24, 2.45) is 5.41 Å². The molecule has 0 aromatic carbocycles. The van der Waals surface area contributed by atoms with E-state index in [0.29, 0.717) is 5.41 Å². The zero-order valence-corrected chi connectivity index (χ0v) is 9.55. The third-order valence-corrected chi connectivity index (χ3v) is 3.52. The van der Waals surface area contributed by atoms with Gasteiger partial charge >= 0.3 is 0 Å². The molecule has 2 heterocycles. The van der Waals surface area contributed by atoms with E-state index < -0.39 is 0 Å². The summed E-state index contributed by atoms with van der Waals surface area (Å²) < 4.78 is 0. The molecule has 3 nitrogen and oxygen atoms in total. The van der Waals surface area contributed by atoms with Gasteiger partial charge in [0, 0.05) is 38.1 Å². The van der Waals surface area contributed by atoms with Crippen molar-refractivity contribution in [1.82, 2.24) is 15.1 Å². The first kappa shape index (κ1) is 10.4. The molecule has 2 rings (SSSR count). The Bertz CT molecular complexity index is 189. The number of hydrogen-bond donors (Lipinski definition) is 1. The molecule has 0 aliphatic carbocycles. The molecule has 2 saturated heterocycles. The van der Waals surface area contributed by atoms with Gasteiger partial charge in [-0.2, -0.15) is 0 Å². The Hall–Kier alpha value is -0.120. The summed E-state index contributed by atoms with van der Waals surface area (Å²) in [6, 6.07) is 0. The Balaban J connectivity index is 1.79. The fraction of sp³-hybridized carbons (Fsp3) is 1.00. The second kappa shape index (κ2) is 4.17. The van der Waals surface area contributed by atoms with Crippen LogP contribution in [0, 0.1) is 5.41 Å². The lowest BCUT2D eigenvalue weighted by Gasteiger charge is -2.42. The predicted molar refractivity (Wildman–Crippen MR) is 59.5 cm³/mol. The van der Waals surface area contributed by atoms with Crippen LogP contribution in [-0.2, 0) is 0 Å². The van der Waals surface area contributed by atoms with Crippen molar-refractivity contribution in [1.29, 1.82) is 0 Å². The van der Waals surface area contributed by atoms with Crippen molar-refractivity contribution >= 4 is 0 Å². The van der Waals surface area contributed by atoms with Gasteiger partial charge in [-0.25, -0.2) is 0 Å². The first-order chi connectivity index (χ1) is 6.68. The van der Waals surface area contributed by atoms with Crippen LogP contribution in [0.25, 0.3) is 0 Å². The molecular weight excluding hydrogens is 174 g/mol. The summed E-state index contributed by atoms with van der Waals surface area (Å²) in [5, 5.41) is 3.38. The van der Waals surface area contributed by atoms with Crippen LogP contribution in [0.1, 0.15) is 13.3 Å². The fourth-order valence-electron chi connectivity index (χ4n) is 2.46. The van der Waals surface area contributed by atoms with Gasteiger partial charge in [-0.3, -0.25) is 0 Å². The number of likely N-dealkylation sites (N-methyl/N-ethyl adjacent to an activating group) is 1. The molecule has 0 atom stereocenters. The quantitative estimate of drug-likeness (QED) is 0.684. The minimum absolute atomic E-state index is 0.558. The molecule has 0 saturated carbocycles. The van der Waals surface area contributed by atoms with Gasteiger partial charge in [0.1, 0.15) is 0 Å². The number of hydrogen-bond acceptors (Lipinski definition) is 3. The molecule has 0 unspecified atom stereocenters. The largest absolute Gasteiger partial charge is 0.315 e. The van der Waals surface area contributed by atoms with E-state index >= 15 is 0 Å². The predicted octanol–water partition coefficient (Wildman–Crippen LogP) is 0.233. The minimum atomic E-state index is 0.558. The Labute approximate surface area is 87.4 Å². The maximum Gasteiger partial charge on any atom is 0.0109 e. The van der Waals surface area contributed by atoms with Crippen LogP contribution in [0.3, 0.4) is 0 Å². The summed E-state index contributed by atoms with van der Waals surface area (Å²) in [6.45, 7) is 11.2. The third kappa shape index (κ3) is 2.47. The molecule has 0 amide bonds. The second-order valence-electron chi connectivity index (χ2n) is 5.35. The third-order valence-electron chi connectivity index (χ3n) is 3.52. The van der Waals surface area contributed by atoms with Crippen LogP contribution in [-0.4, -0.2) is 62.7 Å². The van der Waals surface area contributed by atoms with Gasteiger partial charge in [0.05, 0.1) is 0 Å². The minimum Gasteiger partial charge on any atom is -0.315 e. The normalized spacial score (nSPS) is 29.6. The molecule has 0 bridgehead atoms. The zero-order chi connectivity index (χ0) is 10.0. The van der Waals surface area contributed by atoms with E-state index in [1.54, 1.807) is 0 Å². The highest BCUT2D eigenvalue weighted by Crippen LogP contribution is 2.23. The van der Waals surface area contributed by atoms with E-state index in [1.165, 1.54) is 52.2 Å². The van der Waals surface area contributed by atoms with Gasteiger partial charge in [0.2, 0.25) is 0 Å². The molecule has 14 heavy (non-hydrogen) atoms. The van der Waals surface area contributed by atoms with E-state index in [1.807, 2.05) is 0 Å². The van der Waals surface area contributed by atoms with Crippen LogP contribution in [0.4, 0.5) is 0 Å². The van der Waals surface area contributed by atoms with E-state index in [0.717, 1.165) is 0 Å². The SMILES string of the molecule is CN1CCCN(CC2(C)CNC2)CC1. The lowest BCUT2D eigenvalue weighted by molar-refractivity contribution is 0.111. The maximum atomic E-state index is 3.38. The van der Waals surface area contributed by atoms with Gasteiger partial charge in [0.25, 0.3) is 0 Å². The van der Waals surface area contributed by atoms with Crippen LogP contribution >= 0.6 is 0 Å². The summed E-state index contributed by atoms with van der Waals surface area (Å²) in [4.78, 5) is 5.09. The van der Waals surface area contributed by atoms with Crippen LogP contribution in [0.5, 0.6) is 0 Å². The van der Waals surface area contributed by atoms with Crippen molar-refractivity contribution in [3.8, 4) is 0 Å². The molecule has 82 valence electrons. The van der Waals surface area contributed by atoms with Crippen molar-refractivity contribution in [2.75, 3.05) is 52.9 Å². The Morgan fingerprint density at radius 2 is 1.93 bits per heavy atom. The first-order valence-electron chi connectivity index (χ1n) is 5.80. The van der Waals surface area contributed by atoms with E-state index in [2.05, 4.69) is 29.1 Å². The van der Waals surface area contributed by atoms with Crippen LogP contribution < -0.4 is 5.32 Å². The van der Waals surface area contributed by atoms with Gasteiger partial charge in [-0.1, -0.05) is 6.92 Å². The standard InChI is InChI=1S/C11H23N3/c1-11(8-12-9-11)10-14-5-3-4-13(2)6-7-14/h12H,3-10H2,1-2H3. The highest BCUT2D eigenvalue weighted by atomic mass is 15.2. The average molecular weight is 197 g/mol. The second-order valence-corrected chi connectivity index (χ2v) is 5.35. The Morgan fingerprint density at radius 1 is 1.14 bits per heavy atom. The van der Waals surface area contributed by atoms with Gasteiger partial charge in [-0.15, -0.1) is 0 Å². The van der Waals surface area contributed by atoms with Crippen LogP contribution in [0.15, 0.2) is 0 Å². The molecule has 2 aliphatic heterocycles. The van der Waals surface area contributed by atoms with Crippen molar-refractivity contribution in [3.05, 3.63) is 0 Å². The molecule has 3 heteroatoms. The number of nitrogens with zero attached hydrogens (tertiary/aromatic N) is 2. The van der Waals surface area contributed by atoms with Gasteiger partial charge < -0.3 is 15.1 Å². The maximum absolute atomic E-state index is 3.38. The molecular formula is C11H23N3. The molecule has 0 spiro atoms. The van der Waals surface area contributed by atoms with E-state index in [-0.39, 0.29) is 0 Å². The summed E-state index contributed by atoms with van der Waals surface area (Å²) in [5.74, 6) is 0. The summed E-state index contributed by atoms with van der Waals surface area (Å²) in [5.41, 5.74) is 0.558. The average Bonchev–Trinajstić information content (AvgIpc) is 2.29. The molecule has 2 fully saturated rings. The van der Waals surface area contributed by atoms with Gasteiger partial charge in [0.15, 0.2) is 0 Å². The summed E-state index contributed by atoms with van der Waals surface area (Å²) in [7, 11) is 2.23. The molecule has 0 aromatic rings. The van der Waals surface area contributed by atoms with E-state index in [4.69, 9.17) is 0 Å². The smallest absolute Gasteiger partial charge is 0.0109 e. The Morgan fingerprint density at radius 3 is 2.57 bits per heavy atom.